The molecule has 0 aliphatic heterocycles. The molecular weight excluding hydrogens is 164 g/mol. The van der Waals surface area contributed by atoms with E-state index in [4.69, 9.17) is 4.74 Å². The predicted octanol–water partition coefficient (Wildman–Crippen LogP) is 1.89. The minimum absolute atomic E-state index is 0.833. The van der Waals surface area contributed by atoms with E-state index < -0.39 is 0 Å². The van der Waals surface area contributed by atoms with E-state index in [9.17, 15) is 0 Å². The third-order valence-electron chi connectivity index (χ3n) is 1.85. The first-order chi connectivity index (χ1) is 6.42. The standard InChI is InChI=1S/C10H9N2O/c1-13-10-5-3-2-4-8(10)9-6-7-11-12-9/h2-6H,1H3,(H,11,12). The van der Waals surface area contributed by atoms with Crippen LogP contribution < -0.4 is 4.74 Å². The van der Waals surface area contributed by atoms with E-state index in [-0.39, 0.29) is 0 Å². The van der Waals surface area contributed by atoms with Crippen molar-refractivity contribution in [3.63, 3.8) is 0 Å². The largest absolute Gasteiger partial charge is 0.496 e. The molecule has 0 fully saturated rings. The Morgan fingerprint density at radius 2 is 2.23 bits per heavy atom. The molecule has 13 heavy (non-hydrogen) atoms. The second-order valence-electron chi connectivity index (χ2n) is 2.61. The molecule has 0 amide bonds. The molecule has 0 aliphatic carbocycles. The first kappa shape index (κ1) is 7.86. The number of rotatable bonds is 2. The zero-order chi connectivity index (χ0) is 9.10. The highest BCUT2D eigenvalue weighted by atomic mass is 16.5. The van der Waals surface area contributed by atoms with Crippen molar-refractivity contribution in [3.05, 3.63) is 36.5 Å². The molecule has 65 valence electrons. The minimum atomic E-state index is 0.833. The van der Waals surface area contributed by atoms with Crippen LogP contribution in [0.4, 0.5) is 0 Å². The number of nitrogens with one attached hydrogen (secondary N) is 1. The molecule has 2 aromatic rings. The van der Waals surface area contributed by atoms with E-state index in [1.54, 1.807) is 13.2 Å². The van der Waals surface area contributed by atoms with Crippen LogP contribution in [0.5, 0.6) is 5.75 Å². The SMILES string of the molecule is COc1ccccc1-c1c[c]n[nH]1. The maximum Gasteiger partial charge on any atom is 0.128 e. The van der Waals surface area contributed by atoms with Gasteiger partial charge in [0, 0.05) is 5.56 Å². The average molecular weight is 173 g/mol. The minimum Gasteiger partial charge on any atom is -0.496 e. The van der Waals surface area contributed by atoms with Gasteiger partial charge in [-0.1, -0.05) is 12.1 Å². The maximum atomic E-state index is 5.21. The molecule has 3 heteroatoms. The fourth-order valence-corrected chi connectivity index (χ4v) is 1.23. The molecule has 1 aromatic heterocycles. The van der Waals surface area contributed by atoms with Crippen molar-refractivity contribution >= 4 is 0 Å². The summed E-state index contributed by atoms with van der Waals surface area (Å²) in [6.07, 6.45) is 2.72. The number of ether oxygens (including phenoxy) is 1. The van der Waals surface area contributed by atoms with Crippen LogP contribution in [0.1, 0.15) is 0 Å². The lowest BCUT2D eigenvalue weighted by atomic mass is 10.1. The fourth-order valence-electron chi connectivity index (χ4n) is 1.23. The van der Waals surface area contributed by atoms with E-state index in [1.807, 2.05) is 24.3 Å². The number of benzene rings is 1. The number of aromatic amines is 1. The predicted molar refractivity (Wildman–Crippen MR) is 49.4 cm³/mol. The summed E-state index contributed by atoms with van der Waals surface area (Å²) in [5, 5.41) is 6.61. The topological polar surface area (TPSA) is 37.9 Å². The smallest absolute Gasteiger partial charge is 0.128 e. The van der Waals surface area contributed by atoms with E-state index in [0.29, 0.717) is 0 Å². The van der Waals surface area contributed by atoms with Crippen molar-refractivity contribution in [3.8, 4) is 17.0 Å². The van der Waals surface area contributed by atoms with E-state index in [0.717, 1.165) is 17.0 Å². The lowest BCUT2D eigenvalue weighted by Gasteiger charge is -2.04. The van der Waals surface area contributed by atoms with Gasteiger partial charge in [0.15, 0.2) is 0 Å². The first-order valence-electron chi connectivity index (χ1n) is 3.96. The molecule has 1 aromatic carbocycles. The Labute approximate surface area is 76.4 Å². The third-order valence-corrected chi connectivity index (χ3v) is 1.85. The molecule has 0 unspecified atom stereocenters. The molecule has 0 saturated heterocycles. The molecule has 2 rings (SSSR count). The Morgan fingerprint density at radius 3 is 2.92 bits per heavy atom. The number of H-pyrrole nitrogens is 1. The summed E-state index contributed by atoms with van der Waals surface area (Å²) in [5.74, 6) is 0.833. The van der Waals surface area contributed by atoms with Crippen molar-refractivity contribution < 1.29 is 4.74 Å². The number of aromatic nitrogens is 2. The number of hydrogen-bond donors (Lipinski definition) is 1. The van der Waals surface area contributed by atoms with Crippen molar-refractivity contribution in [2.75, 3.05) is 7.11 Å². The van der Waals surface area contributed by atoms with E-state index >= 15 is 0 Å². The van der Waals surface area contributed by atoms with Crippen LogP contribution in [0, 0.1) is 6.20 Å². The molecule has 0 bridgehead atoms. The van der Waals surface area contributed by atoms with Crippen molar-refractivity contribution in [2.45, 2.75) is 0 Å². The fraction of sp³-hybridized carbons (Fsp3) is 0.100. The summed E-state index contributed by atoms with van der Waals surface area (Å²) >= 11 is 0. The Morgan fingerprint density at radius 1 is 1.38 bits per heavy atom. The second-order valence-corrected chi connectivity index (χ2v) is 2.61. The van der Waals surface area contributed by atoms with E-state index in [1.165, 1.54) is 0 Å². The van der Waals surface area contributed by atoms with Gasteiger partial charge in [-0.2, -0.15) is 5.10 Å². The summed E-state index contributed by atoms with van der Waals surface area (Å²) < 4.78 is 5.21. The van der Waals surface area contributed by atoms with Gasteiger partial charge in [-0.15, -0.1) is 0 Å². The van der Waals surface area contributed by atoms with Crippen LogP contribution in [0.15, 0.2) is 30.3 Å². The van der Waals surface area contributed by atoms with Crippen molar-refractivity contribution in [1.82, 2.24) is 10.2 Å². The average Bonchev–Trinajstić information content (AvgIpc) is 2.70. The zero-order valence-corrected chi connectivity index (χ0v) is 7.24. The summed E-state index contributed by atoms with van der Waals surface area (Å²) in [6.45, 7) is 0. The van der Waals surface area contributed by atoms with Gasteiger partial charge in [0.2, 0.25) is 0 Å². The monoisotopic (exact) mass is 173 g/mol. The molecular formula is C10H9N2O. The zero-order valence-electron chi connectivity index (χ0n) is 7.24. The molecule has 0 saturated carbocycles. The highest BCUT2D eigenvalue weighted by Gasteiger charge is 2.04. The van der Waals surface area contributed by atoms with Crippen molar-refractivity contribution in [2.24, 2.45) is 0 Å². The highest BCUT2D eigenvalue weighted by Crippen LogP contribution is 2.26. The lowest BCUT2D eigenvalue weighted by Crippen LogP contribution is -1.87. The Hall–Kier alpha value is -1.77. The molecule has 0 spiro atoms. The molecule has 0 atom stereocenters. The van der Waals surface area contributed by atoms with Gasteiger partial charge in [-0.05, 0) is 18.2 Å². The van der Waals surface area contributed by atoms with E-state index in [2.05, 4.69) is 16.4 Å². The van der Waals surface area contributed by atoms with Gasteiger partial charge in [0.1, 0.15) is 11.9 Å². The second kappa shape index (κ2) is 3.31. The van der Waals surface area contributed by atoms with Crippen LogP contribution in [0.3, 0.4) is 0 Å². The Kier molecular flexibility index (Phi) is 2.00. The van der Waals surface area contributed by atoms with Gasteiger partial charge in [0.05, 0.1) is 12.8 Å². The number of para-hydroxylation sites is 1. The first-order valence-corrected chi connectivity index (χ1v) is 3.96. The summed E-state index contributed by atoms with van der Waals surface area (Å²) in [4.78, 5) is 0. The van der Waals surface area contributed by atoms with Crippen LogP contribution in [-0.4, -0.2) is 17.3 Å². The summed E-state index contributed by atoms with van der Waals surface area (Å²) in [7, 11) is 1.65. The van der Waals surface area contributed by atoms with Gasteiger partial charge >= 0.3 is 0 Å². The van der Waals surface area contributed by atoms with Crippen molar-refractivity contribution in [1.29, 1.82) is 0 Å². The molecule has 1 heterocycles. The molecule has 0 aliphatic rings. The van der Waals surface area contributed by atoms with Gasteiger partial charge in [-0.25, -0.2) is 0 Å². The highest BCUT2D eigenvalue weighted by molar-refractivity contribution is 5.66. The van der Waals surface area contributed by atoms with Gasteiger partial charge in [0.25, 0.3) is 0 Å². The summed E-state index contributed by atoms with van der Waals surface area (Å²) in [6, 6.07) is 9.56. The molecule has 1 radical (unpaired) electrons. The normalized spacial score (nSPS) is 9.92. The number of hydrogen-bond acceptors (Lipinski definition) is 2. The maximum absolute atomic E-state index is 5.21. The van der Waals surface area contributed by atoms with Crippen LogP contribution in [0.25, 0.3) is 11.3 Å². The third kappa shape index (κ3) is 1.40. The van der Waals surface area contributed by atoms with Gasteiger partial charge < -0.3 is 4.74 Å². The Bertz CT molecular complexity index is 382. The Balaban J connectivity index is 2.51. The van der Waals surface area contributed by atoms with Crippen LogP contribution >= 0.6 is 0 Å². The lowest BCUT2D eigenvalue weighted by molar-refractivity contribution is 0.416. The quantitative estimate of drug-likeness (QED) is 0.753. The number of nitrogens with zero attached hydrogens (tertiary/aromatic N) is 1. The molecule has 1 N–H and O–H groups in total. The molecule has 3 nitrogen and oxygen atoms in total. The van der Waals surface area contributed by atoms with Crippen LogP contribution in [-0.2, 0) is 0 Å². The van der Waals surface area contributed by atoms with Crippen LogP contribution in [0.2, 0.25) is 0 Å². The summed E-state index contributed by atoms with van der Waals surface area (Å²) in [5.41, 5.74) is 1.91. The number of methoxy groups -OCH3 is 1. The van der Waals surface area contributed by atoms with Gasteiger partial charge in [-0.3, -0.25) is 5.10 Å².